The first kappa shape index (κ1) is 23.7. The van der Waals surface area contributed by atoms with Gasteiger partial charge in [0.05, 0.1) is 17.3 Å². The van der Waals surface area contributed by atoms with Gasteiger partial charge in [0.25, 0.3) is 0 Å². The van der Waals surface area contributed by atoms with Crippen LogP contribution >= 0.6 is 11.3 Å². The summed E-state index contributed by atoms with van der Waals surface area (Å²) in [6, 6.07) is 12.5. The molecule has 3 aromatic heterocycles. The normalized spacial score (nSPS) is 15.4. The third-order valence-corrected chi connectivity index (χ3v) is 7.87. The van der Waals surface area contributed by atoms with Crippen molar-refractivity contribution in [2.45, 2.75) is 40.2 Å². The Kier molecular flexibility index (Phi) is 6.09. The standard InChI is InChI=1S/C27H25N5O3S/c1-5-20(27(34)35)24-25-31-30-16(4)32(25)26-22(14(2)15(3)36-26)23(29-24)18-11-9-17(10-12-18)21-8-6-7-19(13-33)28-21/h6-13,20,24H,5H2,1-4H3,(H,34,35)/t20?,24-/m0/s1. The zero-order valence-corrected chi connectivity index (χ0v) is 21.2. The first-order chi connectivity index (χ1) is 17.3. The highest BCUT2D eigenvalue weighted by Gasteiger charge is 2.37. The van der Waals surface area contributed by atoms with Crippen molar-refractivity contribution >= 4 is 29.3 Å². The maximum atomic E-state index is 12.2. The van der Waals surface area contributed by atoms with E-state index in [9.17, 15) is 14.7 Å². The highest BCUT2D eigenvalue weighted by molar-refractivity contribution is 7.15. The number of rotatable bonds is 6. The van der Waals surface area contributed by atoms with Gasteiger partial charge in [0.15, 0.2) is 12.1 Å². The van der Waals surface area contributed by atoms with Gasteiger partial charge in [-0.1, -0.05) is 37.3 Å². The van der Waals surface area contributed by atoms with E-state index >= 15 is 0 Å². The molecule has 1 aliphatic heterocycles. The minimum Gasteiger partial charge on any atom is -0.481 e. The van der Waals surface area contributed by atoms with Gasteiger partial charge < -0.3 is 5.11 Å². The van der Waals surface area contributed by atoms with Gasteiger partial charge >= 0.3 is 5.97 Å². The van der Waals surface area contributed by atoms with Crippen LogP contribution < -0.4 is 0 Å². The molecule has 0 saturated heterocycles. The van der Waals surface area contributed by atoms with Crippen LogP contribution in [-0.2, 0) is 4.79 Å². The summed E-state index contributed by atoms with van der Waals surface area (Å²) in [5.41, 5.74) is 5.63. The molecule has 0 spiro atoms. The number of pyridine rings is 1. The van der Waals surface area contributed by atoms with E-state index in [-0.39, 0.29) is 0 Å². The Labute approximate surface area is 212 Å². The highest BCUT2D eigenvalue weighted by Crippen LogP contribution is 2.41. The molecule has 2 atom stereocenters. The van der Waals surface area contributed by atoms with Gasteiger partial charge in [-0.25, -0.2) is 4.98 Å². The van der Waals surface area contributed by atoms with Crippen LogP contribution in [0, 0.1) is 26.7 Å². The van der Waals surface area contributed by atoms with Gasteiger partial charge in [0, 0.05) is 21.6 Å². The van der Waals surface area contributed by atoms with Crippen LogP contribution in [0.2, 0.25) is 0 Å². The molecule has 1 unspecified atom stereocenters. The van der Waals surface area contributed by atoms with Gasteiger partial charge in [-0.2, -0.15) is 0 Å². The number of nitrogens with zero attached hydrogens (tertiary/aromatic N) is 5. The van der Waals surface area contributed by atoms with Crippen molar-refractivity contribution in [2.24, 2.45) is 10.9 Å². The number of aryl methyl sites for hydroxylation is 2. The summed E-state index contributed by atoms with van der Waals surface area (Å²) in [6.07, 6.45) is 1.14. The number of aliphatic imine (C=N–C) groups is 1. The van der Waals surface area contributed by atoms with Gasteiger partial charge in [-0.05, 0) is 44.9 Å². The summed E-state index contributed by atoms with van der Waals surface area (Å²) in [6.45, 7) is 7.87. The molecule has 1 aromatic carbocycles. The molecule has 0 amide bonds. The topological polar surface area (TPSA) is 110 Å². The molecule has 9 heteroatoms. The highest BCUT2D eigenvalue weighted by atomic mass is 32.1. The Bertz CT molecular complexity index is 1520. The van der Waals surface area contributed by atoms with Crippen molar-refractivity contribution in [3.8, 4) is 16.3 Å². The number of thiophene rings is 1. The molecule has 0 radical (unpaired) electrons. The molecule has 0 bridgehead atoms. The summed E-state index contributed by atoms with van der Waals surface area (Å²) < 4.78 is 1.97. The average Bonchev–Trinajstić information content (AvgIpc) is 3.35. The van der Waals surface area contributed by atoms with Crippen LogP contribution in [-0.4, -0.2) is 42.8 Å². The predicted molar refractivity (Wildman–Crippen MR) is 138 cm³/mol. The quantitative estimate of drug-likeness (QED) is 0.368. The van der Waals surface area contributed by atoms with Gasteiger partial charge in [-0.15, -0.1) is 21.5 Å². The SMILES string of the molecule is CCC(C(=O)O)[C@@H]1N=C(c2ccc(-c3cccc(C=O)n3)cc2)c2c(sc(C)c2C)-n2c(C)nnc21. The van der Waals surface area contributed by atoms with E-state index in [0.29, 0.717) is 29.5 Å². The van der Waals surface area contributed by atoms with Crippen molar-refractivity contribution in [1.29, 1.82) is 0 Å². The number of fused-ring (bicyclic) bond motifs is 3. The van der Waals surface area contributed by atoms with Crippen LogP contribution in [0.4, 0.5) is 0 Å². The maximum absolute atomic E-state index is 12.2. The smallest absolute Gasteiger partial charge is 0.309 e. The summed E-state index contributed by atoms with van der Waals surface area (Å²) in [5, 5.41) is 19.7. The largest absolute Gasteiger partial charge is 0.481 e. The van der Waals surface area contributed by atoms with Crippen molar-refractivity contribution in [1.82, 2.24) is 19.7 Å². The molecule has 4 heterocycles. The lowest BCUT2D eigenvalue weighted by Gasteiger charge is -2.18. The number of benzene rings is 1. The Balaban J connectivity index is 1.71. The van der Waals surface area contributed by atoms with Crippen LogP contribution in [0.5, 0.6) is 0 Å². The van der Waals surface area contributed by atoms with Gasteiger partial charge in [0.1, 0.15) is 22.6 Å². The number of carboxylic acids is 1. The Morgan fingerprint density at radius 2 is 1.83 bits per heavy atom. The first-order valence-corrected chi connectivity index (χ1v) is 12.5. The molecule has 8 nitrogen and oxygen atoms in total. The molecule has 36 heavy (non-hydrogen) atoms. The first-order valence-electron chi connectivity index (χ1n) is 11.7. The van der Waals surface area contributed by atoms with Crippen LogP contribution in [0.15, 0.2) is 47.5 Å². The van der Waals surface area contributed by atoms with E-state index in [1.54, 1.807) is 23.5 Å². The Morgan fingerprint density at radius 3 is 2.50 bits per heavy atom. The van der Waals surface area contributed by atoms with E-state index in [4.69, 9.17) is 4.99 Å². The van der Waals surface area contributed by atoms with Gasteiger partial charge in [-0.3, -0.25) is 19.1 Å². The van der Waals surface area contributed by atoms with Crippen LogP contribution in [0.25, 0.3) is 16.3 Å². The monoisotopic (exact) mass is 499 g/mol. The number of hydrogen-bond acceptors (Lipinski definition) is 7. The molecule has 0 saturated carbocycles. The summed E-state index contributed by atoms with van der Waals surface area (Å²) in [7, 11) is 0. The number of aldehydes is 1. The second-order valence-corrected chi connectivity index (χ2v) is 10.0. The van der Waals surface area contributed by atoms with Crippen LogP contribution in [0.3, 0.4) is 0 Å². The van der Waals surface area contributed by atoms with Crippen molar-refractivity contribution in [3.05, 3.63) is 81.4 Å². The van der Waals surface area contributed by atoms with E-state index in [2.05, 4.69) is 29.0 Å². The minimum atomic E-state index is -0.910. The third kappa shape index (κ3) is 3.85. The summed E-state index contributed by atoms with van der Waals surface area (Å²) in [4.78, 5) is 34.0. The second-order valence-electron chi connectivity index (χ2n) is 8.82. The zero-order valence-electron chi connectivity index (χ0n) is 20.4. The Morgan fingerprint density at radius 1 is 1.11 bits per heavy atom. The number of carboxylic acid groups (broad SMARTS) is 1. The summed E-state index contributed by atoms with van der Waals surface area (Å²) >= 11 is 1.64. The lowest BCUT2D eigenvalue weighted by Crippen LogP contribution is -2.23. The van der Waals surface area contributed by atoms with E-state index < -0.39 is 17.9 Å². The number of aromatic nitrogens is 4. The van der Waals surface area contributed by atoms with Crippen molar-refractivity contribution in [2.75, 3.05) is 0 Å². The van der Waals surface area contributed by atoms with E-state index in [0.717, 1.165) is 44.1 Å². The number of aliphatic carboxylic acids is 1. The number of hydrogen-bond donors (Lipinski definition) is 1. The lowest BCUT2D eigenvalue weighted by molar-refractivity contribution is -0.142. The number of carbonyl (C=O) groups is 2. The fraction of sp³-hybridized carbons (Fsp3) is 0.259. The molecule has 0 fully saturated rings. The molecular weight excluding hydrogens is 474 g/mol. The van der Waals surface area contributed by atoms with Crippen molar-refractivity contribution < 1.29 is 14.7 Å². The molecule has 182 valence electrons. The Hall–Kier alpha value is -3.98. The zero-order chi connectivity index (χ0) is 25.6. The lowest BCUT2D eigenvalue weighted by atomic mass is 9.95. The van der Waals surface area contributed by atoms with E-state index in [1.165, 1.54) is 0 Å². The van der Waals surface area contributed by atoms with E-state index in [1.807, 2.05) is 48.7 Å². The van der Waals surface area contributed by atoms with Gasteiger partial charge in [0.2, 0.25) is 0 Å². The molecule has 1 N–H and O–H groups in total. The maximum Gasteiger partial charge on any atom is 0.309 e. The average molecular weight is 500 g/mol. The fourth-order valence-electron chi connectivity index (χ4n) is 4.63. The minimum absolute atomic E-state index is 0.374. The second kappa shape index (κ2) is 9.23. The van der Waals surface area contributed by atoms with Crippen molar-refractivity contribution in [3.63, 3.8) is 0 Å². The molecule has 1 aliphatic rings. The molecule has 5 rings (SSSR count). The molecule has 4 aromatic rings. The number of carbonyl (C=O) groups excluding carboxylic acids is 1. The summed E-state index contributed by atoms with van der Waals surface area (Å²) in [5.74, 6) is -0.406. The molecular formula is C27H25N5O3S. The van der Waals surface area contributed by atoms with Crippen LogP contribution in [0.1, 0.15) is 63.1 Å². The fourth-order valence-corrected chi connectivity index (χ4v) is 5.84. The predicted octanol–water partition coefficient (Wildman–Crippen LogP) is 5.13. The molecule has 0 aliphatic carbocycles. The third-order valence-electron chi connectivity index (χ3n) is 6.67.